The molecule has 0 radical (unpaired) electrons. The van der Waals surface area contributed by atoms with Gasteiger partial charge >= 0.3 is 5.97 Å². The molecule has 0 saturated heterocycles. The lowest BCUT2D eigenvalue weighted by atomic mass is 10.1. The molecule has 0 bridgehead atoms. The predicted molar refractivity (Wildman–Crippen MR) is 107 cm³/mol. The number of carbonyl (C=O) groups is 4. The number of nitrogens with two attached hydrogens (primary N) is 1. The highest BCUT2D eigenvalue weighted by atomic mass is 32.2. The van der Waals surface area contributed by atoms with E-state index in [0.717, 1.165) is 0 Å². The number of carboxylic acids is 1. The van der Waals surface area contributed by atoms with Crippen LogP contribution in [-0.4, -0.2) is 93.7 Å². The summed E-state index contributed by atoms with van der Waals surface area (Å²) in [4.78, 5) is 47.5. The number of amides is 3. The Bertz CT molecular complexity index is 550. The predicted octanol–water partition coefficient (Wildman–Crippen LogP) is -3.09. The van der Waals surface area contributed by atoms with E-state index in [1.165, 1.54) is 18.7 Å². The lowest BCUT2D eigenvalue weighted by Gasteiger charge is -2.25. The molecule has 0 aliphatic heterocycles. The molecule has 0 aromatic carbocycles. The van der Waals surface area contributed by atoms with Gasteiger partial charge in [-0.1, -0.05) is 0 Å². The Kier molecular flexibility index (Phi) is 12.9. The minimum atomic E-state index is -1.55. The second kappa shape index (κ2) is 13.6. The van der Waals surface area contributed by atoms with E-state index in [4.69, 9.17) is 15.9 Å². The lowest BCUT2D eigenvalue weighted by molar-refractivity contribution is -0.143. The molecule has 0 aliphatic rings. The molecular formula is C15H28N4O7S2. The van der Waals surface area contributed by atoms with Gasteiger partial charge in [0.1, 0.15) is 18.1 Å². The van der Waals surface area contributed by atoms with Gasteiger partial charge in [-0.2, -0.15) is 24.4 Å². The summed E-state index contributed by atoms with van der Waals surface area (Å²) >= 11 is 5.44. The van der Waals surface area contributed by atoms with E-state index in [1.807, 2.05) is 11.6 Å². The van der Waals surface area contributed by atoms with Crippen molar-refractivity contribution in [2.75, 3.05) is 24.4 Å². The number of carboxylic acid groups (broad SMARTS) is 1. The second-order valence-corrected chi connectivity index (χ2v) is 7.29. The minimum absolute atomic E-state index is 0.191. The van der Waals surface area contributed by atoms with Gasteiger partial charge in [-0.15, -0.1) is 0 Å². The van der Waals surface area contributed by atoms with E-state index in [1.54, 1.807) is 0 Å². The number of nitrogens with one attached hydrogen (secondary N) is 3. The van der Waals surface area contributed by atoms with E-state index in [-0.39, 0.29) is 5.75 Å². The van der Waals surface area contributed by atoms with E-state index in [2.05, 4.69) is 23.3 Å². The number of aliphatic hydroxyl groups excluding tert-OH is 2. The van der Waals surface area contributed by atoms with Crippen molar-refractivity contribution in [3.05, 3.63) is 0 Å². The molecule has 0 aromatic rings. The zero-order valence-electron chi connectivity index (χ0n) is 15.6. The standard InChI is InChI=1S/C15H28N4O7S2/c1-7(21)11(19-12(22)8(16)3-4-28-2)14(24)18-10(6-27)13(23)17-9(5-20)15(25)26/h7-11,20-21,27H,3-6,16H2,1-2H3,(H,17,23)(H,18,24)(H,19,22)(H,25,26). The van der Waals surface area contributed by atoms with E-state index >= 15 is 0 Å². The van der Waals surface area contributed by atoms with Crippen LogP contribution in [0.4, 0.5) is 0 Å². The maximum Gasteiger partial charge on any atom is 0.328 e. The molecular weight excluding hydrogens is 412 g/mol. The second-order valence-electron chi connectivity index (χ2n) is 5.94. The largest absolute Gasteiger partial charge is 0.480 e. The molecule has 0 aromatic heterocycles. The van der Waals surface area contributed by atoms with Crippen LogP contribution >= 0.6 is 24.4 Å². The maximum absolute atomic E-state index is 12.4. The summed E-state index contributed by atoms with van der Waals surface area (Å²) in [5.74, 6) is -3.40. The molecule has 11 nitrogen and oxygen atoms in total. The average molecular weight is 441 g/mol. The topological polar surface area (TPSA) is 191 Å². The van der Waals surface area contributed by atoms with E-state index in [0.29, 0.717) is 12.2 Å². The van der Waals surface area contributed by atoms with Crippen LogP contribution in [0, 0.1) is 0 Å². The monoisotopic (exact) mass is 440 g/mol. The van der Waals surface area contributed by atoms with Crippen molar-refractivity contribution in [3.8, 4) is 0 Å². The van der Waals surface area contributed by atoms with Crippen LogP contribution in [0.2, 0.25) is 0 Å². The molecule has 5 unspecified atom stereocenters. The summed E-state index contributed by atoms with van der Waals surface area (Å²) in [6.45, 7) is 0.439. The first-order chi connectivity index (χ1) is 13.1. The van der Waals surface area contributed by atoms with Gasteiger partial charge in [0.25, 0.3) is 0 Å². The van der Waals surface area contributed by atoms with Crippen molar-refractivity contribution in [2.45, 2.75) is 43.6 Å². The van der Waals surface area contributed by atoms with Gasteiger partial charge < -0.3 is 37.0 Å². The Morgan fingerprint density at radius 1 is 1.07 bits per heavy atom. The molecule has 5 atom stereocenters. The van der Waals surface area contributed by atoms with Crippen LogP contribution in [-0.2, 0) is 19.2 Å². The van der Waals surface area contributed by atoms with Gasteiger partial charge in [0.05, 0.1) is 18.8 Å². The molecule has 0 rings (SSSR count). The number of thioether (sulfide) groups is 1. The van der Waals surface area contributed by atoms with Crippen LogP contribution in [0.15, 0.2) is 0 Å². The van der Waals surface area contributed by atoms with Crippen LogP contribution in [0.1, 0.15) is 13.3 Å². The fourth-order valence-corrected chi connectivity index (χ4v) is 2.70. The molecule has 0 aliphatic carbocycles. The van der Waals surface area contributed by atoms with Crippen LogP contribution < -0.4 is 21.7 Å². The summed E-state index contributed by atoms with van der Waals surface area (Å²) < 4.78 is 0. The Morgan fingerprint density at radius 3 is 2.07 bits per heavy atom. The molecule has 0 saturated carbocycles. The smallest absolute Gasteiger partial charge is 0.328 e. The lowest BCUT2D eigenvalue weighted by Crippen LogP contribution is -2.60. The molecule has 0 heterocycles. The van der Waals surface area contributed by atoms with Gasteiger partial charge in [-0.3, -0.25) is 14.4 Å². The Hall–Kier alpha value is -1.54. The number of aliphatic carboxylic acids is 1. The summed E-state index contributed by atoms with van der Waals surface area (Å²) in [5.41, 5.74) is 5.73. The fourth-order valence-electron chi connectivity index (χ4n) is 1.95. The normalized spacial score (nSPS) is 16.2. The van der Waals surface area contributed by atoms with Gasteiger partial charge in [0.15, 0.2) is 0 Å². The Morgan fingerprint density at radius 2 is 1.64 bits per heavy atom. The highest BCUT2D eigenvalue weighted by Crippen LogP contribution is 2.02. The third kappa shape index (κ3) is 9.10. The van der Waals surface area contributed by atoms with Crippen LogP contribution in [0.25, 0.3) is 0 Å². The number of thiol groups is 1. The van der Waals surface area contributed by atoms with Gasteiger partial charge in [0, 0.05) is 5.75 Å². The van der Waals surface area contributed by atoms with Gasteiger partial charge in [0.2, 0.25) is 17.7 Å². The summed E-state index contributed by atoms with van der Waals surface area (Å²) in [7, 11) is 0. The minimum Gasteiger partial charge on any atom is -0.480 e. The summed E-state index contributed by atoms with van der Waals surface area (Å²) in [6.07, 6.45) is 0.940. The fraction of sp³-hybridized carbons (Fsp3) is 0.733. The number of hydrogen-bond acceptors (Lipinski definition) is 9. The number of carbonyl (C=O) groups excluding carboxylic acids is 3. The molecule has 13 heteroatoms. The summed E-state index contributed by atoms with van der Waals surface area (Å²) in [5, 5.41) is 34.3. The van der Waals surface area contributed by atoms with Gasteiger partial charge in [-0.25, -0.2) is 4.79 Å². The first-order valence-electron chi connectivity index (χ1n) is 8.37. The van der Waals surface area contributed by atoms with E-state index in [9.17, 15) is 24.3 Å². The SMILES string of the molecule is CSCCC(N)C(=O)NC(C(=O)NC(CS)C(=O)NC(CO)C(=O)O)C(C)O. The molecule has 0 fully saturated rings. The number of hydrogen-bond donors (Lipinski definition) is 8. The first-order valence-corrected chi connectivity index (χ1v) is 10.4. The third-order valence-corrected chi connectivity index (χ3v) is 4.65. The molecule has 3 amide bonds. The Labute approximate surface area is 172 Å². The van der Waals surface area contributed by atoms with Gasteiger partial charge in [-0.05, 0) is 25.4 Å². The molecule has 162 valence electrons. The van der Waals surface area contributed by atoms with Crippen LogP contribution in [0.5, 0.6) is 0 Å². The highest BCUT2D eigenvalue weighted by molar-refractivity contribution is 7.98. The number of rotatable bonds is 13. The van der Waals surface area contributed by atoms with Crippen molar-refractivity contribution in [2.24, 2.45) is 5.73 Å². The maximum atomic E-state index is 12.4. The molecule has 0 spiro atoms. The number of aliphatic hydroxyl groups is 2. The quantitative estimate of drug-likeness (QED) is 0.137. The van der Waals surface area contributed by atoms with Crippen molar-refractivity contribution in [1.82, 2.24) is 16.0 Å². The van der Waals surface area contributed by atoms with Crippen molar-refractivity contribution in [3.63, 3.8) is 0 Å². The zero-order chi connectivity index (χ0) is 21.9. The highest BCUT2D eigenvalue weighted by Gasteiger charge is 2.31. The van der Waals surface area contributed by atoms with E-state index < -0.39 is 60.6 Å². The zero-order valence-corrected chi connectivity index (χ0v) is 17.3. The first kappa shape index (κ1) is 26.5. The third-order valence-electron chi connectivity index (χ3n) is 3.65. The van der Waals surface area contributed by atoms with Crippen molar-refractivity contribution >= 4 is 48.1 Å². The van der Waals surface area contributed by atoms with Crippen molar-refractivity contribution < 1.29 is 34.5 Å². The molecule has 28 heavy (non-hydrogen) atoms. The van der Waals surface area contributed by atoms with Crippen molar-refractivity contribution in [1.29, 1.82) is 0 Å². The van der Waals surface area contributed by atoms with Crippen LogP contribution in [0.3, 0.4) is 0 Å². The summed E-state index contributed by atoms with van der Waals surface area (Å²) in [6, 6.07) is -5.05. The average Bonchev–Trinajstić information content (AvgIpc) is 2.64. The Balaban J connectivity index is 5.02. The molecule has 8 N–H and O–H groups in total.